The standard InChI is InChI=1S/C13H14F3N/c1-11-6-12(11,8-17-7-11)9-2-4-10(5-3-9)13(14,15)16/h2-5,17H,6-8H2,1H3/t11-,12-/m1/s1. The predicted octanol–water partition coefficient (Wildman–Crippen LogP) is 2.96. The highest BCUT2D eigenvalue weighted by Crippen LogP contribution is 2.66. The lowest BCUT2D eigenvalue weighted by Crippen LogP contribution is -2.19. The molecule has 1 heterocycles. The number of halogens is 3. The van der Waals surface area contributed by atoms with Crippen molar-refractivity contribution in [1.82, 2.24) is 5.32 Å². The average molecular weight is 241 g/mol. The highest BCUT2D eigenvalue weighted by Gasteiger charge is 2.67. The third-order valence-corrected chi connectivity index (χ3v) is 4.43. The summed E-state index contributed by atoms with van der Waals surface area (Å²) in [7, 11) is 0. The summed E-state index contributed by atoms with van der Waals surface area (Å²) in [5.74, 6) is 0. The van der Waals surface area contributed by atoms with Crippen LogP contribution >= 0.6 is 0 Å². The molecule has 1 aromatic carbocycles. The molecule has 0 spiro atoms. The quantitative estimate of drug-likeness (QED) is 0.797. The maximum absolute atomic E-state index is 12.5. The fourth-order valence-corrected chi connectivity index (χ4v) is 3.21. The van der Waals surface area contributed by atoms with Crippen LogP contribution in [0.2, 0.25) is 0 Å². The topological polar surface area (TPSA) is 12.0 Å². The molecule has 1 N–H and O–H groups in total. The van der Waals surface area contributed by atoms with Crippen LogP contribution < -0.4 is 5.32 Å². The minimum Gasteiger partial charge on any atom is -0.315 e. The zero-order valence-corrected chi connectivity index (χ0v) is 9.56. The van der Waals surface area contributed by atoms with Crippen molar-refractivity contribution < 1.29 is 13.2 Å². The summed E-state index contributed by atoms with van der Waals surface area (Å²) in [6.45, 7) is 4.05. The number of piperidine rings is 1. The van der Waals surface area contributed by atoms with Crippen molar-refractivity contribution in [2.24, 2.45) is 5.41 Å². The van der Waals surface area contributed by atoms with Crippen LogP contribution in [0.3, 0.4) is 0 Å². The van der Waals surface area contributed by atoms with E-state index in [2.05, 4.69) is 12.2 Å². The molecule has 1 saturated carbocycles. The number of nitrogens with one attached hydrogen (secondary N) is 1. The Labute approximate surface area is 98.0 Å². The molecule has 0 bridgehead atoms. The Kier molecular flexibility index (Phi) is 1.99. The second-order valence-electron chi connectivity index (χ2n) is 5.50. The summed E-state index contributed by atoms with van der Waals surface area (Å²) >= 11 is 0. The second kappa shape index (κ2) is 3.05. The van der Waals surface area contributed by atoms with E-state index in [4.69, 9.17) is 0 Å². The first-order chi connectivity index (χ1) is 7.87. The molecule has 2 fully saturated rings. The van der Waals surface area contributed by atoms with E-state index in [-0.39, 0.29) is 10.8 Å². The van der Waals surface area contributed by atoms with Crippen LogP contribution in [0.4, 0.5) is 13.2 Å². The molecule has 2 aliphatic rings. The van der Waals surface area contributed by atoms with Crippen molar-refractivity contribution in [2.75, 3.05) is 13.1 Å². The van der Waals surface area contributed by atoms with E-state index in [1.165, 1.54) is 12.1 Å². The SMILES string of the molecule is C[C@@]12CNC[C@@]1(c1ccc(C(F)(F)F)cc1)C2. The molecule has 1 nitrogen and oxygen atoms in total. The van der Waals surface area contributed by atoms with Crippen LogP contribution in [0.1, 0.15) is 24.5 Å². The van der Waals surface area contributed by atoms with Gasteiger partial charge in [0.1, 0.15) is 0 Å². The highest BCUT2D eigenvalue weighted by atomic mass is 19.4. The summed E-state index contributed by atoms with van der Waals surface area (Å²) in [6.07, 6.45) is -3.16. The first kappa shape index (κ1) is 11.1. The molecule has 0 radical (unpaired) electrons. The van der Waals surface area contributed by atoms with Gasteiger partial charge in [-0.1, -0.05) is 19.1 Å². The zero-order valence-electron chi connectivity index (χ0n) is 9.56. The molecular formula is C13H14F3N. The van der Waals surface area contributed by atoms with Gasteiger partial charge in [-0.05, 0) is 29.5 Å². The number of alkyl halides is 3. The fraction of sp³-hybridized carbons (Fsp3) is 0.538. The van der Waals surface area contributed by atoms with Gasteiger partial charge in [0.05, 0.1) is 5.56 Å². The molecule has 0 aromatic heterocycles. The molecule has 1 aliphatic heterocycles. The van der Waals surface area contributed by atoms with Crippen molar-refractivity contribution in [3.05, 3.63) is 35.4 Å². The summed E-state index contributed by atoms with van der Waals surface area (Å²) in [5.41, 5.74) is 0.799. The number of rotatable bonds is 1. The van der Waals surface area contributed by atoms with E-state index < -0.39 is 11.7 Å². The lowest BCUT2D eigenvalue weighted by atomic mass is 9.89. The number of fused-ring (bicyclic) bond motifs is 1. The van der Waals surface area contributed by atoms with Gasteiger partial charge in [0, 0.05) is 18.5 Å². The predicted molar refractivity (Wildman–Crippen MR) is 58.7 cm³/mol. The van der Waals surface area contributed by atoms with Crippen LogP contribution in [0.25, 0.3) is 0 Å². The van der Waals surface area contributed by atoms with Crippen molar-refractivity contribution in [3.8, 4) is 0 Å². The molecule has 2 atom stereocenters. The van der Waals surface area contributed by atoms with Crippen LogP contribution in [0.15, 0.2) is 24.3 Å². The molecular weight excluding hydrogens is 227 g/mol. The second-order valence-corrected chi connectivity index (χ2v) is 5.50. The Morgan fingerprint density at radius 1 is 1.12 bits per heavy atom. The molecule has 4 heteroatoms. The molecule has 1 aliphatic carbocycles. The van der Waals surface area contributed by atoms with Crippen molar-refractivity contribution >= 4 is 0 Å². The van der Waals surface area contributed by atoms with Crippen LogP contribution in [0, 0.1) is 5.41 Å². The maximum Gasteiger partial charge on any atom is 0.416 e. The third-order valence-electron chi connectivity index (χ3n) is 4.43. The molecule has 0 amide bonds. The van der Waals surface area contributed by atoms with Crippen LogP contribution in [-0.4, -0.2) is 13.1 Å². The van der Waals surface area contributed by atoms with E-state index in [1.807, 2.05) is 0 Å². The molecule has 17 heavy (non-hydrogen) atoms. The summed E-state index contributed by atoms with van der Waals surface area (Å²) in [5, 5.41) is 3.32. The van der Waals surface area contributed by atoms with Gasteiger partial charge < -0.3 is 5.32 Å². The maximum atomic E-state index is 12.5. The van der Waals surface area contributed by atoms with Crippen molar-refractivity contribution in [3.63, 3.8) is 0 Å². The highest BCUT2D eigenvalue weighted by molar-refractivity contribution is 5.42. The lowest BCUT2D eigenvalue weighted by molar-refractivity contribution is -0.137. The number of benzene rings is 1. The average Bonchev–Trinajstić information content (AvgIpc) is 2.72. The Morgan fingerprint density at radius 3 is 2.18 bits per heavy atom. The summed E-state index contributed by atoms with van der Waals surface area (Å²) in [4.78, 5) is 0. The molecule has 1 saturated heterocycles. The van der Waals surface area contributed by atoms with Crippen LogP contribution in [-0.2, 0) is 11.6 Å². The largest absolute Gasteiger partial charge is 0.416 e. The third kappa shape index (κ3) is 1.43. The Balaban J connectivity index is 1.92. The van der Waals surface area contributed by atoms with Gasteiger partial charge in [-0.25, -0.2) is 0 Å². The van der Waals surface area contributed by atoms with Gasteiger partial charge in [-0.3, -0.25) is 0 Å². The fourth-order valence-electron chi connectivity index (χ4n) is 3.21. The molecule has 92 valence electrons. The van der Waals surface area contributed by atoms with Crippen molar-refractivity contribution in [1.29, 1.82) is 0 Å². The molecule has 1 aromatic rings. The first-order valence-corrected chi connectivity index (χ1v) is 5.76. The van der Waals surface area contributed by atoms with Gasteiger partial charge in [-0.15, -0.1) is 0 Å². The van der Waals surface area contributed by atoms with Gasteiger partial charge in [0.2, 0.25) is 0 Å². The van der Waals surface area contributed by atoms with E-state index in [0.717, 1.165) is 25.1 Å². The molecule has 3 rings (SSSR count). The van der Waals surface area contributed by atoms with E-state index in [0.29, 0.717) is 0 Å². The number of hydrogen-bond donors (Lipinski definition) is 1. The Morgan fingerprint density at radius 2 is 1.76 bits per heavy atom. The van der Waals surface area contributed by atoms with Gasteiger partial charge in [-0.2, -0.15) is 13.2 Å². The Bertz CT molecular complexity index is 447. The lowest BCUT2D eigenvalue weighted by Gasteiger charge is -2.15. The summed E-state index contributed by atoms with van der Waals surface area (Å²) < 4.78 is 37.4. The van der Waals surface area contributed by atoms with Gasteiger partial charge >= 0.3 is 6.18 Å². The normalized spacial score (nSPS) is 35.8. The smallest absolute Gasteiger partial charge is 0.315 e. The van der Waals surface area contributed by atoms with E-state index in [9.17, 15) is 13.2 Å². The first-order valence-electron chi connectivity index (χ1n) is 5.76. The van der Waals surface area contributed by atoms with Gasteiger partial charge in [0.15, 0.2) is 0 Å². The van der Waals surface area contributed by atoms with E-state index >= 15 is 0 Å². The zero-order chi connectivity index (χ0) is 12.3. The van der Waals surface area contributed by atoms with Gasteiger partial charge in [0.25, 0.3) is 0 Å². The minimum absolute atomic E-state index is 0.0805. The number of hydrogen-bond acceptors (Lipinski definition) is 1. The van der Waals surface area contributed by atoms with E-state index in [1.54, 1.807) is 12.1 Å². The Hall–Kier alpha value is -1.03. The summed E-state index contributed by atoms with van der Waals surface area (Å²) in [6, 6.07) is 5.67. The molecule has 0 unspecified atom stereocenters. The van der Waals surface area contributed by atoms with Crippen molar-refractivity contribution in [2.45, 2.75) is 24.9 Å². The van der Waals surface area contributed by atoms with Crippen LogP contribution in [0.5, 0.6) is 0 Å². The minimum atomic E-state index is -4.24. The monoisotopic (exact) mass is 241 g/mol.